The molecule has 140 valence electrons. The van der Waals surface area contributed by atoms with E-state index in [9.17, 15) is 9.18 Å². The molecule has 2 aromatic carbocycles. The van der Waals surface area contributed by atoms with Crippen molar-refractivity contribution >= 4 is 16.8 Å². The SMILES string of the molecule is COc1ccc(-c2ccccc2F)c2ncc(CC(=O)c3cnc(C)o3)nc12. The Morgan fingerprint density at radius 2 is 1.89 bits per heavy atom. The number of fused-ring (bicyclic) bond motifs is 1. The number of Topliss-reactive ketones (excluding diaryl/α,β-unsaturated/α-hetero) is 1. The molecule has 0 fully saturated rings. The minimum absolute atomic E-state index is 0.00462. The number of oxazole rings is 1. The van der Waals surface area contributed by atoms with Crippen molar-refractivity contribution < 1.29 is 18.3 Å². The molecule has 2 aromatic heterocycles. The quantitative estimate of drug-likeness (QED) is 0.486. The highest BCUT2D eigenvalue weighted by Gasteiger charge is 2.17. The van der Waals surface area contributed by atoms with Gasteiger partial charge in [-0.1, -0.05) is 18.2 Å². The van der Waals surface area contributed by atoms with E-state index >= 15 is 0 Å². The minimum Gasteiger partial charge on any atom is -0.494 e. The van der Waals surface area contributed by atoms with E-state index in [1.54, 1.807) is 37.3 Å². The smallest absolute Gasteiger partial charge is 0.205 e. The molecule has 0 aliphatic carbocycles. The fraction of sp³-hybridized carbons (Fsp3) is 0.143. The maximum Gasteiger partial charge on any atom is 0.205 e. The van der Waals surface area contributed by atoms with Crippen LogP contribution in [0, 0.1) is 12.7 Å². The van der Waals surface area contributed by atoms with Crippen LogP contribution < -0.4 is 4.74 Å². The van der Waals surface area contributed by atoms with Gasteiger partial charge < -0.3 is 9.15 Å². The summed E-state index contributed by atoms with van der Waals surface area (Å²) in [6, 6.07) is 9.92. The van der Waals surface area contributed by atoms with Crippen LogP contribution in [-0.2, 0) is 6.42 Å². The summed E-state index contributed by atoms with van der Waals surface area (Å²) in [4.78, 5) is 25.3. The lowest BCUT2D eigenvalue weighted by Crippen LogP contribution is -2.05. The van der Waals surface area contributed by atoms with Crippen LogP contribution in [0.2, 0.25) is 0 Å². The fourth-order valence-electron chi connectivity index (χ4n) is 3.00. The molecule has 0 amide bonds. The summed E-state index contributed by atoms with van der Waals surface area (Å²) in [6.45, 7) is 1.67. The molecule has 2 heterocycles. The Morgan fingerprint density at radius 1 is 1.07 bits per heavy atom. The number of carbonyl (C=O) groups excluding carboxylic acids is 1. The Kier molecular flexibility index (Phi) is 4.57. The molecule has 6 nitrogen and oxygen atoms in total. The average molecular weight is 377 g/mol. The molecule has 0 saturated heterocycles. The molecule has 0 aliphatic heterocycles. The zero-order chi connectivity index (χ0) is 19.7. The summed E-state index contributed by atoms with van der Waals surface area (Å²) >= 11 is 0. The standard InChI is InChI=1S/C21H16FN3O3/c1-12-23-11-19(28-12)17(26)9-13-10-24-20-15(14-5-3-4-6-16(14)22)7-8-18(27-2)21(20)25-13/h3-8,10-11H,9H2,1-2H3. The second-order valence-electron chi connectivity index (χ2n) is 6.20. The van der Waals surface area contributed by atoms with Gasteiger partial charge in [-0.15, -0.1) is 0 Å². The first-order chi connectivity index (χ1) is 13.6. The normalized spacial score (nSPS) is 11.0. The van der Waals surface area contributed by atoms with Gasteiger partial charge in [-0.3, -0.25) is 9.78 Å². The first kappa shape index (κ1) is 17.8. The van der Waals surface area contributed by atoms with Crippen LogP contribution in [0.15, 0.2) is 53.2 Å². The molecule has 28 heavy (non-hydrogen) atoms. The van der Waals surface area contributed by atoms with Gasteiger partial charge in [0, 0.05) is 24.2 Å². The molecule has 0 spiro atoms. The molecule has 0 atom stereocenters. The number of ketones is 1. The molecular formula is C21H16FN3O3. The van der Waals surface area contributed by atoms with Crippen molar-refractivity contribution in [2.45, 2.75) is 13.3 Å². The van der Waals surface area contributed by atoms with Gasteiger partial charge in [-0.2, -0.15) is 0 Å². The van der Waals surface area contributed by atoms with E-state index in [4.69, 9.17) is 9.15 Å². The van der Waals surface area contributed by atoms with Gasteiger partial charge in [0.1, 0.15) is 22.6 Å². The number of rotatable bonds is 5. The molecule has 4 rings (SSSR count). The number of methoxy groups -OCH3 is 1. The van der Waals surface area contributed by atoms with Crippen molar-refractivity contribution in [3.05, 3.63) is 72.0 Å². The van der Waals surface area contributed by atoms with Crippen molar-refractivity contribution in [1.29, 1.82) is 0 Å². The predicted molar refractivity (Wildman–Crippen MR) is 101 cm³/mol. The first-order valence-electron chi connectivity index (χ1n) is 8.60. The summed E-state index contributed by atoms with van der Waals surface area (Å²) in [5.41, 5.74) is 2.43. The molecule has 7 heteroatoms. The number of hydrogen-bond donors (Lipinski definition) is 0. The topological polar surface area (TPSA) is 78.1 Å². The summed E-state index contributed by atoms with van der Waals surface area (Å²) in [7, 11) is 1.52. The maximum atomic E-state index is 14.3. The van der Waals surface area contributed by atoms with E-state index in [2.05, 4.69) is 15.0 Å². The van der Waals surface area contributed by atoms with Crippen LogP contribution in [0.25, 0.3) is 22.2 Å². The van der Waals surface area contributed by atoms with E-state index in [0.29, 0.717) is 39.5 Å². The van der Waals surface area contributed by atoms with Crippen molar-refractivity contribution in [2.24, 2.45) is 0 Å². The Hall–Kier alpha value is -3.61. The lowest BCUT2D eigenvalue weighted by Gasteiger charge is -2.11. The van der Waals surface area contributed by atoms with Crippen molar-refractivity contribution in [1.82, 2.24) is 15.0 Å². The van der Waals surface area contributed by atoms with Gasteiger partial charge in [0.15, 0.2) is 11.7 Å². The third-order valence-electron chi connectivity index (χ3n) is 4.33. The van der Waals surface area contributed by atoms with Gasteiger partial charge in [-0.05, 0) is 18.2 Å². The number of carbonyl (C=O) groups is 1. The molecule has 0 N–H and O–H groups in total. The summed E-state index contributed by atoms with van der Waals surface area (Å²) in [5, 5.41) is 0. The van der Waals surface area contributed by atoms with E-state index in [1.165, 1.54) is 25.6 Å². The van der Waals surface area contributed by atoms with Gasteiger partial charge in [-0.25, -0.2) is 14.4 Å². The minimum atomic E-state index is -0.351. The molecule has 4 aromatic rings. The van der Waals surface area contributed by atoms with Crippen LogP contribution in [0.4, 0.5) is 4.39 Å². The van der Waals surface area contributed by atoms with Crippen LogP contribution >= 0.6 is 0 Å². The Balaban J connectivity index is 1.78. The molecule has 0 bridgehead atoms. The van der Waals surface area contributed by atoms with Crippen LogP contribution in [-0.4, -0.2) is 27.8 Å². The number of ether oxygens (including phenoxy) is 1. The van der Waals surface area contributed by atoms with E-state index in [0.717, 1.165) is 0 Å². The van der Waals surface area contributed by atoms with Gasteiger partial charge in [0.25, 0.3) is 0 Å². The lowest BCUT2D eigenvalue weighted by molar-refractivity contribution is 0.0964. The molecule has 0 aliphatic rings. The van der Waals surface area contributed by atoms with Crippen molar-refractivity contribution in [3.8, 4) is 16.9 Å². The Bertz CT molecular complexity index is 1190. The summed E-state index contributed by atoms with van der Waals surface area (Å²) < 4.78 is 24.9. The van der Waals surface area contributed by atoms with Gasteiger partial charge in [0.2, 0.25) is 5.78 Å². The molecular weight excluding hydrogens is 361 g/mol. The molecule has 0 unspecified atom stereocenters. The Morgan fingerprint density at radius 3 is 2.61 bits per heavy atom. The van der Waals surface area contributed by atoms with Gasteiger partial charge in [0.05, 0.1) is 25.4 Å². The summed E-state index contributed by atoms with van der Waals surface area (Å²) in [6.07, 6.45) is 2.90. The Labute approximate surface area is 160 Å². The van der Waals surface area contributed by atoms with E-state index < -0.39 is 0 Å². The fourth-order valence-corrected chi connectivity index (χ4v) is 3.00. The lowest BCUT2D eigenvalue weighted by atomic mass is 10.0. The summed E-state index contributed by atoms with van der Waals surface area (Å²) in [5.74, 6) is 0.484. The zero-order valence-electron chi connectivity index (χ0n) is 15.3. The number of hydrogen-bond acceptors (Lipinski definition) is 6. The largest absolute Gasteiger partial charge is 0.494 e. The maximum absolute atomic E-state index is 14.3. The number of aryl methyl sites for hydroxylation is 1. The van der Waals surface area contributed by atoms with Crippen LogP contribution in [0.3, 0.4) is 0 Å². The highest BCUT2D eigenvalue weighted by molar-refractivity contribution is 5.97. The average Bonchev–Trinajstić information content (AvgIpc) is 3.14. The predicted octanol–water partition coefficient (Wildman–Crippen LogP) is 4.17. The molecule has 0 saturated carbocycles. The number of aromatic nitrogens is 3. The number of nitrogens with zero attached hydrogens (tertiary/aromatic N) is 3. The highest BCUT2D eigenvalue weighted by atomic mass is 19.1. The van der Waals surface area contributed by atoms with Crippen LogP contribution in [0.1, 0.15) is 22.1 Å². The van der Waals surface area contributed by atoms with Crippen LogP contribution in [0.5, 0.6) is 5.75 Å². The van der Waals surface area contributed by atoms with E-state index in [1.807, 2.05) is 0 Å². The molecule has 0 radical (unpaired) electrons. The number of halogens is 1. The monoisotopic (exact) mass is 377 g/mol. The third kappa shape index (κ3) is 3.22. The first-order valence-corrected chi connectivity index (χ1v) is 8.60. The second-order valence-corrected chi connectivity index (χ2v) is 6.20. The van der Waals surface area contributed by atoms with Crippen molar-refractivity contribution in [3.63, 3.8) is 0 Å². The van der Waals surface area contributed by atoms with Gasteiger partial charge >= 0.3 is 0 Å². The zero-order valence-corrected chi connectivity index (χ0v) is 15.3. The third-order valence-corrected chi connectivity index (χ3v) is 4.33. The highest BCUT2D eigenvalue weighted by Crippen LogP contribution is 2.33. The van der Waals surface area contributed by atoms with Crippen molar-refractivity contribution in [2.75, 3.05) is 7.11 Å². The number of benzene rings is 2. The van der Waals surface area contributed by atoms with E-state index in [-0.39, 0.29) is 23.8 Å². The second kappa shape index (κ2) is 7.19.